The maximum Gasteiger partial charge on any atom is 0.0455 e. The van der Waals surface area contributed by atoms with Crippen molar-refractivity contribution in [3.05, 3.63) is 103 Å². The average molecular weight is 440 g/mol. The lowest BCUT2D eigenvalue weighted by molar-refractivity contribution is 1.40. The Bertz CT molecular complexity index is 1740. The molecule has 2 N–H and O–H groups in total. The molecule has 1 aliphatic carbocycles. The van der Waals surface area contributed by atoms with Gasteiger partial charge in [-0.2, -0.15) is 0 Å². The third-order valence-corrected chi connectivity index (χ3v) is 8.24. The van der Waals surface area contributed by atoms with E-state index in [-0.39, 0.29) is 0 Å². The second-order valence-electron chi connectivity index (χ2n) is 8.93. The van der Waals surface area contributed by atoms with Crippen LogP contribution in [0.25, 0.3) is 54.2 Å². The van der Waals surface area contributed by atoms with Gasteiger partial charge in [-0.25, -0.2) is 0 Å². The summed E-state index contributed by atoms with van der Waals surface area (Å²) in [7, 11) is 0. The molecule has 7 rings (SSSR count). The van der Waals surface area contributed by atoms with Crippen molar-refractivity contribution in [2.75, 3.05) is 5.73 Å². The van der Waals surface area contributed by atoms with Crippen LogP contribution in [-0.2, 0) is 0 Å². The molecular formula is C31H21NS. The Balaban J connectivity index is 1.62. The van der Waals surface area contributed by atoms with E-state index in [1.807, 2.05) is 18.2 Å². The molecule has 1 nitrogen and oxygen atoms in total. The molecule has 0 amide bonds. The first-order valence-electron chi connectivity index (χ1n) is 11.2. The van der Waals surface area contributed by atoms with Crippen molar-refractivity contribution in [1.82, 2.24) is 0 Å². The van der Waals surface area contributed by atoms with E-state index in [0.717, 1.165) is 28.1 Å². The van der Waals surface area contributed by atoms with Gasteiger partial charge in [0.15, 0.2) is 0 Å². The summed E-state index contributed by atoms with van der Waals surface area (Å²) in [5, 5.41) is 10.4. The van der Waals surface area contributed by atoms with Gasteiger partial charge in [0.1, 0.15) is 0 Å². The van der Waals surface area contributed by atoms with E-state index in [2.05, 4.69) is 73.8 Å². The minimum Gasteiger partial charge on any atom is -0.398 e. The highest BCUT2D eigenvalue weighted by Gasteiger charge is 2.23. The summed E-state index contributed by atoms with van der Waals surface area (Å²) in [6, 6.07) is 28.4. The SMILES string of the molecule is C=C1CC(=C)c2ccc3c4ccc(Sc5ccccc5N)c5cccc(c6ccc1c2c63)c54. The summed E-state index contributed by atoms with van der Waals surface area (Å²) in [5.41, 5.74) is 11.9. The Morgan fingerprint density at radius 1 is 0.545 bits per heavy atom. The molecular weight excluding hydrogens is 418 g/mol. The first-order chi connectivity index (χ1) is 16.1. The number of anilines is 1. The Labute approximate surface area is 196 Å². The van der Waals surface area contributed by atoms with Crippen LogP contribution >= 0.6 is 11.8 Å². The Kier molecular flexibility index (Phi) is 3.77. The number of allylic oxidation sites excluding steroid dienone is 2. The van der Waals surface area contributed by atoms with E-state index in [0.29, 0.717) is 0 Å². The fourth-order valence-corrected chi connectivity index (χ4v) is 6.58. The van der Waals surface area contributed by atoms with Crippen LogP contribution in [0.4, 0.5) is 5.69 Å². The third kappa shape index (κ3) is 2.50. The monoisotopic (exact) mass is 439 g/mol. The smallest absolute Gasteiger partial charge is 0.0455 e. The van der Waals surface area contributed by atoms with Gasteiger partial charge < -0.3 is 5.73 Å². The minimum absolute atomic E-state index is 0.813. The molecule has 2 heteroatoms. The molecule has 0 aliphatic heterocycles. The van der Waals surface area contributed by atoms with Crippen molar-refractivity contribution in [2.45, 2.75) is 16.2 Å². The molecule has 0 spiro atoms. The van der Waals surface area contributed by atoms with Gasteiger partial charge in [-0.1, -0.05) is 85.6 Å². The molecule has 1 aliphatic rings. The zero-order chi connectivity index (χ0) is 22.3. The van der Waals surface area contributed by atoms with Gasteiger partial charge in [0.25, 0.3) is 0 Å². The van der Waals surface area contributed by atoms with E-state index in [1.54, 1.807) is 11.8 Å². The van der Waals surface area contributed by atoms with Crippen LogP contribution in [0.3, 0.4) is 0 Å². The molecule has 33 heavy (non-hydrogen) atoms. The molecule has 0 fully saturated rings. The third-order valence-electron chi connectivity index (χ3n) is 7.07. The number of benzene rings is 6. The van der Waals surface area contributed by atoms with Crippen LogP contribution in [0.1, 0.15) is 17.5 Å². The van der Waals surface area contributed by atoms with E-state index >= 15 is 0 Å². The van der Waals surface area contributed by atoms with Gasteiger partial charge >= 0.3 is 0 Å². The number of fused-ring (bicyclic) bond motifs is 2. The highest BCUT2D eigenvalue weighted by atomic mass is 32.2. The number of hydrogen-bond acceptors (Lipinski definition) is 2. The fraction of sp³-hybridized carbons (Fsp3) is 0.0323. The van der Waals surface area contributed by atoms with Gasteiger partial charge in [-0.05, 0) is 90.0 Å². The number of hydrogen-bond donors (Lipinski definition) is 1. The normalized spacial score (nSPS) is 13.7. The van der Waals surface area contributed by atoms with E-state index in [9.17, 15) is 0 Å². The molecule has 0 aromatic heterocycles. The summed E-state index contributed by atoms with van der Waals surface area (Å²) in [6.07, 6.45) is 0.843. The molecule has 0 radical (unpaired) electrons. The van der Waals surface area contributed by atoms with Crippen LogP contribution in [-0.4, -0.2) is 0 Å². The summed E-state index contributed by atoms with van der Waals surface area (Å²) in [4.78, 5) is 2.31. The predicted octanol–water partition coefficient (Wildman–Crippen LogP) is 8.90. The number of para-hydroxylation sites is 1. The van der Waals surface area contributed by atoms with Crippen LogP contribution in [0.15, 0.2) is 102 Å². The zero-order valence-electron chi connectivity index (χ0n) is 18.1. The lowest BCUT2D eigenvalue weighted by atomic mass is 9.79. The van der Waals surface area contributed by atoms with Crippen molar-refractivity contribution in [2.24, 2.45) is 0 Å². The molecule has 0 bridgehead atoms. The highest BCUT2D eigenvalue weighted by Crippen LogP contribution is 2.49. The molecule has 0 unspecified atom stereocenters. The Morgan fingerprint density at radius 3 is 1.88 bits per heavy atom. The van der Waals surface area contributed by atoms with Crippen LogP contribution < -0.4 is 5.73 Å². The van der Waals surface area contributed by atoms with Crippen molar-refractivity contribution < 1.29 is 0 Å². The average Bonchev–Trinajstić information content (AvgIpc) is 2.83. The standard InChI is InChI=1S/C31H21NS/c1-17-16-18(2)20-11-13-24-22-14-15-27(33-28-9-4-3-8-26(28)32)25-7-5-6-21(29(22)25)23-12-10-19(17)30(20)31(23)24/h3-15H,1-2,16,32H2. The molecule has 0 saturated carbocycles. The number of rotatable bonds is 2. The van der Waals surface area contributed by atoms with E-state index in [1.165, 1.54) is 59.1 Å². The minimum atomic E-state index is 0.813. The van der Waals surface area contributed by atoms with Crippen LogP contribution in [0.5, 0.6) is 0 Å². The maximum atomic E-state index is 6.26. The lowest BCUT2D eigenvalue weighted by Crippen LogP contribution is -2.00. The quantitative estimate of drug-likeness (QED) is 0.166. The lowest BCUT2D eigenvalue weighted by Gasteiger charge is -2.24. The Hall–Kier alpha value is -3.75. The predicted molar refractivity (Wildman–Crippen MR) is 145 cm³/mol. The first kappa shape index (κ1) is 18.8. The fourth-order valence-electron chi connectivity index (χ4n) is 5.59. The number of nitrogen functional groups attached to an aromatic ring is 1. The largest absolute Gasteiger partial charge is 0.398 e. The number of nitrogens with two attached hydrogens (primary N) is 1. The van der Waals surface area contributed by atoms with Gasteiger partial charge in [-0.3, -0.25) is 0 Å². The van der Waals surface area contributed by atoms with E-state index in [4.69, 9.17) is 5.73 Å². The van der Waals surface area contributed by atoms with Gasteiger partial charge in [0.05, 0.1) is 0 Å². The molecule has 0 atom stereocenters. The van der Waals surface area contributed by atoms with Gasteiger partial charge in [-0.15, -0.1) is 0 Å². The molecule has 0 saturated heterocycles. The summed E-state index contributed by atoms with van der Waals surface area (Å²) >= 11 is 1.74. The summed E-state index contributed by atoms with van der Waals surface area (Å²) < 4.78 is 0. The molecule has 0 heterocycles. The van der Waals surface area contributed by atoms with Crippen molar-refractivity contribution >= 4 is 71.7 Å². The maximum absolute atomic E-state index is 6.26. The molecule has 156 valence electrons. The van der Waals surface area contributed by atoms with Crippen molar-refractivity contribution in [3.63, 3.8) is 0 Å². The van der Waals surface area contributed by atoms with Gasteiger partial charge in [0, 0.05) is 15.5 Å². The zero-order valence-corrected chi connectivity index (χ0v) is 18.9. The van der Waals surface area contributed by atoms with Crippen LogP contribution in [0, 0.1) is 0 Å². The topological polar surface area (TPSA) is 26.0 Å². The summed E-state index contributed by atoms with van der Waals surface area (Å²) in [6.45, 7) is 8.72. The molecule has 6 aromatic rings. The van der Waals surface area contributed by atoms with Gasteiger partial charge in [0.2, 0.25) is 0 Å². The summed E-state index contributed by atoms with van der Waals surface area (Å²) in [5.74, 6) is 0. The Morgan fingerprint density at radius 2 is 1.15 bits per heavy atom. The first-order valence-corrected chi connectivity index (χ1v) is 12.0. The molecule has 6 aromatic carbocycles. The van der Waals surface area contributed by atoms with Crippen molar-refractivity contribution in [3.8, 4) is 0 Å². The van der Waals surface area contributed by atoms with E-state index < -0.39 is 0 Å². The highest BCUT2D eigenvalue weighted by molar-refractivity contribution is 7.99. The second-order valence-corrected chi connectivity index (χ2v) is 10.0. The van der Waals surface area contributed by atoms with Crippen molar-refractivity contribution in [1.29, 1.82) is 0 Å². The van der Waals surface area contributed by atoms with Crippen LogP contribution in [0.2, 0.25) is 0 Å². The second kappa shape index (κ2) is 6.63.